The van der Waals surface area contributed by atoms with E-state index in [-0.39, 0.29) is 17.5 Å². The second-order valence-corrected chi connectivity index (χ2v) is 5.08. The number of hydrogen-bond donors (Lipinski definition) is 0. The minimum absolute atomic E-state index is 0.130. The monoisotopic (exact) mass is 334 g/mol. The molecule has 1 heterocycles. The molecule has 1 aromatic carbocycles. The van der Waals surface area contributed by atoms with Crippen molar-refractivity contribution in [3.05, 3.63) is 47.7 Å². The van der Waals surface area contributed by atoms with Crippen LogP contribution < -0.4 is 4.74 Å². The first kappa shape index (κ1) is 18.0. The Bertz CT molecular complexity index is 606. The average molecular weight is 334 g/mol. The molecule has 2 rings (SSSR count). The van der Waals surface area contributed by atoms with Crippen molar-refractivity contribution >= 4 is 5.91 Å². The number of hydrogen-bond acceptors (Lipinski definition) is 6. The molecule has 1 aromatic heterocycles. The first-order valence-corrected chi connectivity index (χ1v) is 7.65. The average Bonchev–Trinajstić information content (AvgIpc) is 3.09. The lowest BCUT2D eigenvalue weighted by Gasteiger charge is -2.20. The Balaban J connectivity index is 1.95. The Morgan fingerprint density at radius 1 is 1.12 bits per heavy atom. The fourth-order valence-corrected chi connectivity index (χ4v) is 2.03. The minimum atomic E-state index is -0.272. The molecule has 7 heteroatoms. The van der Waals surface area contributed by atoms with Crippen LogP contribution in [0.1, 0.15) is 16.1 Å². The standard InChI is InChI=1S/C17H22N2O5/c1-21-10-8-19(9-11-22-2)17(20)15-12-16(18-24-15)23-13-14-6-4-3-5-7-14/h3-7,12H,8-11,13H2,1-2H3. The van der Waals surface area contributed by atoms with Crippen LogP contribution in [0.4, 0.5) is 0 Å². The van der Waals surface area contributed by atoms with Gasteiger partial charge in [-0.25, -0.2) is 0 Å². The van der Waals surface area contributed by atoms with Gasteiger partial charge in [-0.2, -0.15) is 0 Å². The summed E-state index contributed by atoms with van der Waals surface area (Å²) in [6.07, 6.45) is 0. The van der Waals surface area contributed by atoms with Crippen LogP contribution in [-0.4, -0.2) is 56.5 Å². The first-order valence-electron chi connectivity index (χ1n) is 7.65. The van der Waals surface area contributed by atoms with Gasteiger partial charge in [0.2, 0.25) is 5.76 Å². The molecule has 0 saturated heterocycles. The molecule has 0 bridgehead atoms. The third kappa shape index (κ3) is 5.36. The second kappa shape index (κ2) is 9.69. The van der Waals surface area contributed by atoms with E-state index in [2.05, 4.69) is 5.16 Å². The van der Waals surface area contributed by atoms with Crippen LogP contribution in [-0.2, 0) is 16.1 Å². The molecule has 130 valence electrons. The zero-order valence-electron chi connectivity index (χ0n) is 13.9. The Morgan fingerprint density at radius 3 is 2.42 bits per heavy atom. The zero-order chi connectivity index (χ0) is 17.2. The maximum atomic E-state index is 12.5. The number of benzene rings is 1. The van der Waals surface area contributed by atoms with E-state index in [1.807, 2.05) is 30.3 Å². The van der Waals surface area contributed by atoms with Crippen LogP contribution in [0.15, 0.2) is 40.9 Å². The number of nitrogens with zero attached hydrogens (tertiary/aromatic N) is 2. The predicted molar refractivity (Wildman–Crippen MR) is 86.9 cm³/mol. The van der Waals surface area contributed by atoms with Gasteiger partial charge in [0.15, 0.2) is 0 Å². The highest BCUT2D eigenvalue weighted by Crippen LogP contribution is 2.15. The summed E-state index contributed by atoms with van der Waals surface area (Å²) >= 11 is 0. The Kier molecular flexibility index (Phi) is 7.25. The molecule has 24 heavy (non-hydrogen) atoms. The molecule has 0 radical (unpaired) electrons. The summed E-state index contributed by atoms with van der Waals surface area (Å²) in [7, 11) is 3.17. The molecular weight excluding hydrogens is 312 g/mol. The highest BCUT2D eigenvalue weighted by atomic mass is 16.5. The zero-order valence-corrected chi connectivity index (χ0v) is 13.9. The Hall–Kier alpha value is -2.38. The van der Waals surface area contributed by atoms with Crippen molar-refractivity contribution < 1.29 is 23.5 Å². The van der Waals surface area contributed by atoms with Crippen LogP contribution in [0.5, 0.6) is 5.88 Å². The van der Waals surface area contributed by atoms with E-state index in [4.69, 9.17) is 18.7 Å². The van der Waals surface area contributed by atoms with Gasteiger partial charge in [0.05, 0.1) is 19.3 Å². The van der Waals surface area contributed by atoms with Gasteiger partial charge in [-0.05, 0) is 10.7 Å². The minimum Gasteiger partial charge on any atom is -0.471 e. The molecule has 2 aromatic rings. The molecule has 0 atom stereocenters. The molecule has 0 N–H and O–H groups in total. The van der Waals surface area contributed by atoms with E-state index < -0.39 is 0 Å². The lowest BCUT2D eigenvalue weighted by Crippen LogP contribution is -2.36. The molecule has 0 saturated carbocycles. The van der Waals surface area contributed by atoms with E-state index in [0.717, 1.165) is 5.56 Å². The fourth-order valence-electron chi connectivity index (χ4n) is 2.03. The maximum Gasteiger partial charge on any atom is 0.292 e. The van der Waals surface area contributed by atoms with Gasteiger partial charge in [-0.1, -0.05) is 30.3 Å². The van der Waals surface area contributed by atoms with E-state index in [9.17, 15) is 4.79 Å². The van der Waals surface area contributed by atoms with Gasteiger partial charge in [0.1, 0.15) is 6.61 Å². The number of carbonyl (C=O) groups excluding carboxylic acids is 1. The van der Waals surface area contributed by atoms with Crippen molar-refractivity contribution in [3.8, 4) is 5.88 Å². The largest absolute Gasteiger partial charge is 0.471 e. The number of ether oxygens (including phenoxy) is 3. The van der Waals surface area contributed by atoms with Crippen LogP contribution in [0.3, 0.4) is 0 Å². The van der Waals surface area contributed by atoms with Crippen LogP contribution >= 0.6 is 0 Å². The molecule has 0 spiro atoms. The molecule has 0 unspecified atom stereocenters. The van der Waals surface area contributed by atoms with E-state index in [1.165, 1.54) is 6.07 Å². The van der Waals surface area contributed by atoms with E-state index >= 15 is 0 Å². The topological polar surface area (TPSA) is 74.0 Å². The van der Waals surface area contributed by atoms with Crippen molar-refractivity contribution in [1.29, 1.82) is 0 Å². The van der Waals surface area contributed by atoms with Crippen LogP contribution in [0, 0.1) is 0 Å². The van der Waals surface area contributed by atoms with Crippen molar-refractivity contribution in [2.24, 2.45) is 0 Å². The highest BCUT2D eigenvalue weighted by molar-refractivity contribution is 5.91. The summed E-state index contributed by atoms with van der Waals surface area (Å²) < 4.78 is 20.7. The lowest BCUT2D eigenvalue weighted by atomic mass is 10.2. The Labute approximate surface area is 141 Å². The predicted octanol–water partition coefficient (Wildman–Crippen LogP) is 1.99. The number of rotatable bonds is 10. The maximum absolute atomic E-state index is 12.5. The van der Waals surface area contributed by atoms with Crippen molar-refractivity contribution in [1.82, 2.24) is 10.1 Å². The lowest BCUT2D eigenvalue weighted by molar-refractivity contribution is 0.0589. The Morgan fingerprint density at radius 2 is 1.79 bits per heavy atom. The number of methoxy groups -OCH3 is 2. The van der Waals surface area contributed by atoms with E-state index in [1.54, 1.807) is 19.1 Å². The normalized spacial score (nSPS) is 10.6. The summed E-state index contributed by atoms with van der Waals surface area (Å²) in [6, 6.07) is 11.2. The molecule has 0 aliphatic carbocycles. The summed E-state index contributed by atoms with van der Waals surface area (Å²) in [6.45, 7) is 2.11. The molecule has 0 aliphatic rings. The SMILES string of the molecule is COCCN(CCOC)C(=O)c1cc(OCc2ccccc2)no1. The van der Waals surface area contributed by atoms with Gasteiger partial charge in [-0.3, -0.25) is 4.79 Å². The third-order valence-corrected chi connectivity index (χ3v) is 3.35. The molecule has 0 fully saturated rings. The quantitative estimate of drug-likeness (QED) is 0.661. The van der Waals surface area contributed by atoms with Gasteiger partial charge < -0.3 is 23.6 Å². The molecule has 0 aliphatic heterocycles. The van der Waals surface area contributed by atoms with Gasteiger partial charge >= 0.3 is 0 Å². The van der Waals surface area contributed by atoms with Crippen molar-refractivity contribution in [3.63, 3.8) is 0 Å². The van der Waals surface area contributed by atoms with E-state index in [0.29, 0.717) is 32.9 Å². The summed E-state index contributed by atoms with van der Waals surface area (Å²) in [5, 5.41) is 3.79. The molecule has 1 amide bonds. The molecule has 7 nitrogen and oxygen atoms in total. The van der Waals surface area contributed by atoms with Crippen molar-refractivity contribution in [2.75, 3.05) is 40.5 Å². The van der Waals surface area contributed by atoms with Gasteiger partial charge in [0.25, 0.3) is 11.8 Å². The summed E-state index contributed by atoms with van der Waals surface area (Å²) in [5.41, 5.74) is 1.01. The smallest absolute Gasteiger partial charge is 0.292 e. The highest BCUT2D eigenvalue weighted by Gasteiger charge is 2.20. The fraction of sp³-hybridized carbons (Fsp3) is 0.412. The molecular formula is C17H22N2O5. The second-order valence-electron chi connectivity index (χ2n) is 5.08. The first-order chi connectivity index (χ1) is 11.7. The van der Waals surface area contributed by atoms with Gasteiger partial charge in [-0.15, -0.1) is 0 Å². The number of carbonyl (C=O) groups is 1. The van der Waals surface area contributed by atoms with Crippen LogP contribution in [0.25, 0.3) is 0 Å². The third-order valence-electron chi connectivity index (χ3n) is 3.35. The van der Waals surface area contributed by atoms with Crippen molar-refractivity contribution in [2.45, 2.75) is 6.61 Å². The number of aromatic nitrogens is 1. The summed E-state index contributed by atoms with van der Waals surface area (Å²) in [5.74, 6) is 0.136. The van der Waals surface area contributed by atoms with Crippen LogP contribution in [0.2, 0.25) is 0 Å². The summed E-state index contributed by atoms with van der Waals surface area (Å²) in [4.78, 5) is 14.1. The number of amides is 1. The van der Waals surface area contributed by atoms with Gasteiger partial charge in [0, 0.05) is 27.3 Å².